The lowest BCUT2D eigenvalue weighted by atomic mass is 10.2. The van der Waals surface area contributed by atoms with Crippen molar-refractivity contribution in [1.29, 1.82) is 0 Å². The van der Waals surface area contributed by atoms with Gasteiger partial charge in [-0.3, -0.25) is 4.98 Å². The van der Waals surface area contributed by atoms with Gasteiger partial charge in [0.25, 0.3) is 0 Å². The first-order valence-electron chi connectivity index (χ1n) is 4.37. The zero-order chi connectivity index (χ0) is 10.7. The van der Waals surface area contributed by atoms with Gasteiger partial charge in [0.2, 0.25) is 0 Å². The number of esters is 1. The van der Waals surface area contributed by atoms with Crippen LogP contribution in [-0.2, 0) is 4.74 Å². The summed E-state index contributed by atoms with van der Waals surface area (Å²) in [5.41, 5.74) is 0.757. The molecule has 4 nitrogen and oxygen atoms in total. The van der Waals surface area contributed by atoms with Crippen LogP contribution in [0.5, 0.6) is 5.75 Å². The van der Waals surface area contributed by atoms with Crippen molar-refractivity contribution in [2.24, 2.45) is 0 Å². The molecule has 1 aromatic heterocycles. The van der Waals surface area contributed by atoms with Crippen LogP contribution in [0, 0.1) is 6.92 Å². The van der Waals surface area contributed by atoms with Crippen LogP contribution in [0.4, 0.5) is 0 Å². The van der Waals surface area contributed by atoms with Crippen LogP contribution in [0.1, 0.15) is 29.9 Å². The number of aryl methyl sites for hydroxylation is 1. The monoisotopic (exact) mass is 195 g/mol. The Balaban J connectivity index is 2.90. The molecular weight excluding hydrogens is 182 g/mol. The normalized spacial score (nSPS) is 10.3. The third kappa shape index (κ3) is 2.45. The van der Waals surface area contributed by atoms with E-state index in [1.807, 2.05) is 0 Å². The molecule has 0 aliphatic carbocycles. The Labute approximate surface area is 82.5 Å². The van der Waals surface area contributed by atoms with Crippen molar-refractivity contribution in [2.75, 3.05) is 0 Å². The van der Waals surface area contributed by atoms with Gasteiger partial charge in [-0.05, 0) is 20.8 Å². The number of hydrogen-bond donors (Lipinski definition) is 1. The number of hydrogen-bond acceptors (Lipinski definition) is 4. The number of aromatic nitrogens is 1. The number of nitrogens with zero attached hydrogens (tertiary/aromatic N) is 1. The topological polar surface area (TPSA) is 59.4 Å². The maximum atomic E-state index is 11.4. The van der Waals surface area contributed by atoms with Gasteiger partial charge in [-0.1, -0.05) is 0 Å². The lowest BCUT2D eigenvalue weighted by Crippen LogP contribution is -2.12. The molecule has 1 rings (SSSR count). The molecule has 0 unspecified atom stereocenters. The third-order valence-electron chi connectivity index (χ3n) is 1.58. The number of ether oxygens (including phenoxy) is 1. The fraction of sp³-hybridized carbons (Fsp3) is 0.400. The molecule has 0 radical (unpaired) electrons. The fourth-order valence-electron chi connectivity index (χ4n) is 0.980. The molecule has 0 spiro atoms. The highest BCUT2D eigenvalue weighted by atomic mass is 16.5. The Morgan fingerprint density at radius 3 is 2.71 bits per heavy atom. The predicted molar refractivity (Wildman–Crippen MR) is 51.2 cm³/mol. The minimum atomic E-state index is -0.551. The van der Waals surface area contributed by atoms with Gasteiger partial charge in [0.1, 0.15) is 11.3 Å². The summed E-state index contributed by atoms with van der Waals surface area (Å²) >= 11 is 0. The fourth-order valence-corrected chi connectivity index (χ4v) is 0.980. The minimum Gasteiger partial charge on any atom is -0.507 e. The molecule has 1 aromatic rings. The van der Waals surface area contributed by atoms with Crippen molar-refractivity contribution in [3.63, 3.8) is 0 Å². The number of rotatable bonds is 2. The van der Waals surface area contributed by atoms with Gasteiger partial charge in [-0.25, -0.2) is 4.79 Å². The van der Waals surface area contributed by atoms with Crippen LogP contribution in [0.25, 0.3) is 0 Å². The van der Waals surface area contributed by atoms with Crippen molar-refractivity contribution >= 4 is 5.97 Å². The van der Waals surface area contributed by atoms with Gasteiger partial charge < -0.3 is 9.84 Å². The molecule has 0 aliphatic rings. The van der Waals surface area contributed by atoms with Crippen LogP contribution in [0.15, 0.2) is 12.3 Å². The molecule has 0 atom stereocenters. The van der Waals surface area contributed by atoms with Gasteiger partial charge in [0.05, 0.1) is 6.10 Å². The minimum absolute atomic E-state index is 0.0943. The first-order chi connectivity index (χ1) is 6.50. The van der Waals surface area contributed by atoms with Crippen LogP contribution in [0.2, 0.25) is 0 Å². The average molecular weight is 195 g/mol. The summed E-state index contributed by atoms with van der Waals surface area (Å²) in [6, 6.07) is 1.43. The zero-order valence-corrected chi connectivity index (χ0v) is 8.44. The molecule has 0 saturated heterocycles. The average Bonchev–Trinajstić information content (AvgIpc) is 2.01. The number of aromatic hydroxyl groups is 1. The van der Waals surface area contributed by atoms with E-state index < -0.39 is 5.97 Å². The third-order valence-corrected chi connectivity index (χ3v) is 1.58. The van der Waals surface area contributed by atoms with Crippen LogP contribution < -0.4 is 0 Å². The molecule has 0 aliphatic heterocycles. The Kier molecular flexibility index (Phi) is 3.06. The quantitative estimate of drug-likeness (QED) is 0.729. The molecule has 1 N–H and O–H groups in total. The van der Waals surface area contributed by atoms with Crippen molar-refractivity contribution in [3.05, 3.63) is 23.5 Å². The first kappa shape index (κ1) is 10.5. The largest absolute Gasteiger partial charge is 0.507 e. The van der Waals surface area contributed by atoms with E-state index in [1.165, 1.54) is 12.3 Å². The molecule has 0 fully saturated rings. The van der Waals surface area contributed by atoms with Crippen molar-refractivity contribution < 1.29 is 14.6 Å². The summed E-state index contributed by atoms with van der Waals surface area (Å²) in [6.45, 7) is 5.23. The predicted octanol–water partition coefficient (Wildman–Crippen LogP) is 1.66. The molecule has 4 heteroatoms. The number of pyridine rings is 1. The lowest BCUT2D eigenvalue weighted by Gasteiger charge is -2.08. The van der Waals surface area contributed by atoms with E-state index in [2.05, 4.69) is 4.98 Å². The molecular formula is C10H13NO3. The number of carbonyl (C=O) groups is 1. The van der Waals surface area contributed by atoms with Gasteiger partial charge in [-0.15, -0.1) is 0 Å². The molecule has 14 heavy (non-hydrogen) atoms. The van der Waals surface area contributed by atoms with Gasteiger partial charge in [-0.2, -0.15) is 0 Å². The Morgan fingerprint density at radius 2 is 2.21 bits per heavy atom. The molecule has 76 valence electrons. The van der Waals surface area contributed by atoms with E-state index >= 15 is 0 Å². The Bertz CT molecular complexity index is 347. The first-order valence-corrected chi connectivity index (χ1v) is 4.37. The van der Waals surface area contributed by atoms with E-state index in [1.54, 1.807) is 20.8 Å². The smallest absolute Gasteiger partial charge is 0.343 e. The Morgan fingerprint density at radius 1 is 1.57 bits per heavy atom. The van der Waals surface area contributed by atoms with Crippen molar-refractivity contribution in [1.82, 2.24) is 4.98 Å². The van der Waals surface area contributed by atoms with Gasteiger partial charge in [0.15, 0.2) is 0 Å². The summed E-state index contributed by atoms with van der Waals surface area (Å²) in [4.78, 5) is 15.3. The van der Waals surface area contributed by atoms with E-state index in [0.29, 0.717) is 5.69 Å². The second kappa shape index (κ2) is 4.09. The standard InChI is InChI=1S/C10H13NO3/c1-6(2)14-10(13)8-5-11-7(3)4-9(8)12/h4-6H,1-3H3,(H,11,12). The van der Waals surface area contributed by atoms with Crippen molar-refractivity contribution in [3.8, 4) is 5.75 Å². The SMILES string of the molecule is Cc1cc(O)c(C(=O)OC(C)C)cn1. The van der Waals surface area contributed by atoms with E-state index in [0.717, 1.165) is 0 Å². The summed E-state index contributed by atoms with van der Waals surface area (Å²) < 4.78 is 4.92. The lowest BCUT2D eigenvalue weighted by molar-refractivity contribution is 0.0374. The molecule has 0 aromatic carbocycles. The van der Waals surface area contributed by atoms with Crippen LogP contribution >= 0.6 is 0 Å². The van der Waals surface area contributed by atoms with Crippen molar-refractivity contribution in [2.45, 2.75) is 26.9 Å². The second-order valence-corrected chi connectivity index (χ2v) is 3.30. The highest BCUT2D eigenvalue weighted by Crippen LogP contribution is 2.17. The highest BCUT2D eigenvalue weighted by molar-refractivity contribution is 5.92. The van der Waals surface area contributed by atoms with E-state index in [-0.39, 0.29) is 17.4 Å². The van der Waals surface area contributed by atoms with Gasteiger partial charge in [0, 0.05) is 18.0 Å². The number of carbonyl (C=O) groups excluding carboxylic acids is 1. The summed E-state index contributed by atoms with van der Waals surface area (Å²) in [5, 5.41) is 9.43. The molecule has 0 amide bonds. The zero-order valence-electron chi connectivity index (χ0n) is 8.44. The van der Waals surface area contributed by atoms with Gasteiger partial charge >= 0.3 is 5.97 Å². The second-order valence-electron chi connectivity index (χ2n) is 3.30. The summed E-state index contributed by atoms with van der Waals surface area (Å²) in [7, 11) is 0. The maximum absolute atomic E-state index is 11.4. The Hall–Kier alpha value is -1.58. The van der Waals surface area contributed by atoms with Crippen LogP contribution in [-0.4, -0.2) is 22.2 Å². The van der Waals surface area contributed by atoms with E-state index in [4.69, 9.17) is 4.74 Å². The summed E-state index contributed by atoms with van der Waals surface area (Å²) in [5.74, 6) is -0.645. The molecule has 1 heterocycles. The molecule has 0 bridgehead atoms. The summed E-state index contributed by atoms with van der Waals surface area (Å²) in [6.07, 6.45) is 1.11. The maximum Gasteiger partial charge on any atom is 0.343 e. The molecule has 0 saturated carbocycles. The van der Waals surface area contributed by atoms with Crippen LogP contribution in [0.3, 0.4) is 0 Å². The highest BCUT2D eigenvalue weighted by Gasteiger charge is 2.14. The van der Waals surface area contributed by atoms with E-state index in [9.17, 15) is 9.90 Å².